The zero-order valence-electron chi connectivity index (χ0n) is 23.1. The summed E-state index contributed by atoms with van der Waals surface area (Å²) in [5.41, 5.74) is 1.01. The summed E-state index contributed by atoms with van der Waals surface area (Å²) in [7, 11) is 1.04. The van der Waals surface area contributed by atoms with E-state index in [1.165, 1.54) is 13.0 Å². The number of rotatable bonds is 11. The molecule has 5 rings (SSSR count). The van der Waals surface area contributed by atoms with Gasteiger partial charge in [-0.05, 0) is 98.5 Å². The van der Waals surface area contributed by atoms with Crippen molar-refractivity contribution in [3.63, 3.8) is 0 Å². The monoisotopic (exact) mass is 579 g/mol. The number of amides is 3. The van der Waals surface area contributed by atoms with E-state index in [0.717, 1.165) is 51.6 Å². The zero-order chi connectivity index (χ0) is 29.6. The van der Waals surface area contributed by atoms with E-state index in [-0.39, 0.29) is 40.6 Å². The highest BCUT2D eigenvalue weighted by atomic mass is 19.4. The van der Waals surface area contributed by atoms with Gasteiger partial charge in [-0.3, -0.25) is 14.4 Å². The molecule has 1 aromatic carbocycles. The van der Waals surface area contributed by atoms with Crippen LogP contribution in [0.2, 0.25) is 0 Å². The zero-order valence-corrected chi connectivity index (χ0v) is 23.1. The van der Waals surface area contributed by atoms with Gasteiger partial charge in [0.2, 0.25) is 11.8 Å². The molecule has 1 aromatic heterocycles. The second-order valence-electron chi connectivity index (χ2n) is 11.7. The van der Waals surface area contributed by atoms with E-state index in [1.807, 2.05) is 0 Å². The molecule has 41 heavy (non-hydrogen) atoms. The lowest BCUT2D eigenvalue weighted by molar-refractivity contribution is -0.159. The second kappa shape index (κ2) is 11.1. The van der Waals surface area contributed by atoms with Gasteiger partial charge in [0.05, 0.1) is 11.6 Å². The van der Waals surface area contributed by atoms with Crippen molar-refractivity contribution in [3.8, 4) is 0 Å². The summed E-state index contributed by atoms with van der Waals surface area (Å²) < 4.78 is 58.4. The van der Waals surface area contributed by atoms with Crippen molar-refractivity contribution in [1.82, 2.24) is 20.5 Å². The predicted octanol–water partition coefficient (Wildman–Crippen LogP) is 4.69. The number of aromatic nitrogens is 2. The lowest BCUT2D eigenvalue weighted by Gasteiger charge is -2.27. The highest BCUT2D eigenvalue weighted by Gasteiger charge is 2.49. The quantitative estimate of drug-likeness (QED) is 0.373. The number of benzene rings is 1. The van der Waals surface area contributed by atoms with Crippen LogP contribution in [-0.4, -0.2) is 58.7 Å². The molecular weight excluding hydrogens is 546 g/mol. The average Bonchev–Trinajstić information content (AvgIpc) is 3.75. The van der Waals surface area contributed by atoms with Gasteiger partial charge in [0, 0.05) is 13.0 Å². The molecule has 13 heteroatoms. The molecule has 0 aliphatic heterocycles. The molecule has 222 valence electrons. The lowest BCUT2D eigenvalue weighted by Crippen LogP contribution is -2.50. The Labute approximate surface area is 234 Å². The number of carbonyl (C=O) groups is 3. The Morgan fingerprint density at radius 3 is 2.27 bits per heavy atom. The standard InChI is InChI=1S/C28H33F4N5O4/c1-13-10-20(19(29)11-18(13)14(2)27(40)37(3)12-28(30,31)32)33-25(38)23(21(15-4-5-15)16-6-7-16)34-26(39)24-22(17-8-9-17)35-41-36-24/h10-11,14-17,21,23H,4-9,12H2,1-3H3,(H,33,38)(H,34,39)/t14?,23-/m0/s1. The first kappa shape index (κ1) is 29.0. The smallest absolute Gasteiger partial charge is 0.338 e. The number of aryl methyl sites for hydroxylation is 1. The van der Waals surface area contributed by atoms with Crippen LogP contribution >= 0.6 is 0 Å². The number of carbonyl (C=O) groups excluding carboxylic acids is 3. The van der Waals surface area contributed by atoms with Gasteiger partial charge >= 0.3 is 6.18 Å². The van der Waals surface area contributed by atoms with E-state index in [2.05, 4.69) is 20.9 Å². The molecular formula is C28H33F4N5O4. The third kappa shape index (κ3) is 6.70. The number of anilines is 1. The molecule has 0 bridgehead atoms. The number of hydrogen-bond donors (Lipinski definition) is 2. The van der Waals surface area contributed by atoms with Crippen LogP contribution in [0, 0.1) is 30.5 Å². The van der Waals surface area contributed by atoms with Gasteiger partial charge in [0.25, 0.3) is 5.91 Å². The van der Waals surface area contributed by atoms with Gasteiger partial charge in [-0.1, -0.05) is 5.16 Å². The van der Waals surface area contributed by atoms with Crippen molar-refractivity contribution >= 4 is 23.4 Å². The van der Waals surface area contributed by atoms with E-state index in [1.54, 1.807) is 6.92 Å². The summed E-state index contributed by atoms with van der Waals surface area (Å²) in [6.07, 6.45) is 0.957. The molecule has 2 aromatic rings. The molecule has 3 amide bonds. The summed E-state index contributed by atoms with van der Waals surface area (Å²) in [5, 5.41) is 13.1. The topological polar surface area (TPSA) is 117 Å². The number of likely N-dealkylation sites (N-methyl/N-ethyl adjacent to an activating group) is 1. The molecule has 3 fully saturated rings. The largest absolute Gasteiger partial charge is 0.406 e. The molecule has 1 unspecified atom stereocenters. The number of nitrogens with zero attached hydrogens (tertiary/aromatic N) is 3. The maximum absolute atomic E-state index is 15.3. The van der Waals surface area contributed by atoms with E-state index in [0.29, 0.717) is 16.2 Å². The Balaban J connectivity index is 1.34. The Morgan fingerprint density at radius 2 is 1.71 bits per heavy atom. The number of alkyl halides is 3. The van der Waals surface area contributed by atoms with Crippen molar-refractivity contribution in [1.29, 1.82) is 0 Å². The third-order valence-corrected chi connectivity index (χ3v) is 8.22. The molecule has 9 nitrogen and oxygen atoms in total. The first-order chi connectivity index (χ1) is 19.3. The maximum Gasteiger partial charge on any atom is 0.406 e. The molecule has 3 aliphatic rings. The van der Waals surface area contributed by atoms with Crippen LogP contribution < -0.4 is 10.6 Å². The van der Waals surface area contributed by atoms with Gasteiger partial charge in [-0.25, -0.2) is 9.02 Å². The van der Waals surface area contributed by atoms with Crippen LogP contribution in [0.25, 0.3) is 0 Å². The normalized spacial score (nSPS) is 18.6. The SMILES string of the molecule is Cc1cc(NC(=O)[C@@H](NC(=O)c2nonc2C2CC2)C(C2CC2)C2CC2)c(F)cc1C(C)C(=O)N(C)CC(F)(F)F. The fourth-order valence-corrected chi connectivity index (χ4v) is 5.70. The number of hydrogen-bond acceptors (Lipinski definition) is 6. The minimum atomic E-state index is -4.56. The molecule has 0 saturated heterocycles. The van der Waals surface area contributed by atoms with Gasteiger partial charge in [-0.2, -0.15) is 13.2 Å². The van der Waals surface area contributed by atoms with Gasteiger partial charge in [0.15, 0.2) is 5.69 Å². The maximum atomic E-state index is 15.3. The molecule has 0 radical (unpaired) electrons. The van der Waals surface area contributed by atoms with Crippen molar-refractivity contribution < 1.29 is 36.6 Å². The summed E-state index contributed by atoms with van der Waals surface area (Å²) in [5.74, 6) is -3.31. The highest BCUT2D eigenvalue weighted by molar-refractivity contribution is 6.01. The molecule has 2 N–H and O–H groups in total. The number of nitrogens with one attached hydrogen (secondary N) is 2. The molecule has 3 saturated carbocycles. The Morgan fingerprint density at radius 1 is 1.07 bits per heavy atom. The first-order valence-corrected chi connectivity index (χ1v) is 13.9. The lowest BCUT2D eigenvalue weighted by atomic mass is 9.88. The molecule has 1 heterocycles. The van der Waals surface area contributed by atoms with Crippen molar-refractivity contribution in [2.75, 3.05) is 18.9 Å². The van der Waals surface area contributed by atoms with Crippen molar-refractivity contribution in [2.45, 2.75) is 76.4 Å². The fourth-order valence-electron chi connectivity index (χ4n) is 5.70. The summed E-state index contributed by atoms with van der Waals surface area (Å²) in [4.78, 5) is 40.0. The molecule has 0 spiro atoms. The van der Waals surface area contributed by atoms with Crippen LogP contribution in [0.15, 0.2) is 16.8 Å². The van der Waals surface area contributed by atoms with Crippen LogP contribution in [0.1, 0.15) is 84.6 Å². The minimum Gasteiger partial charge on any atom is -0.338 e. The molecule has 3 aliphatic carbocycles. The van der Waals surface area contributed by atoms with E-state index in [9.17, 15) is 27.6 Å². The number of halogens is 4. The summed E-state index contributed by atoms with van der Waals surface area (Å²) in [6, 6.07) is 1.47. The van der Waals surface area contributed by atoms with Crippen molar-refractivity contribution in [2.24, 2.45) is 17.8 Å². The first-order valence-electron chi connectivity index (χ1n) is 13.9. The minimum absolute atomic E-state index is 0.0520. The van der Waals surface area contributed by atoms with E-state index < -0.39 is 48.2 Å². The summed E-state index contributed by atoms with van der Waals surface area (Å²) in [6.45, 7) is 1.57. The van der Waals surface area contributed by atoms with Crippen LogP contribution in [0.5, 0.6) is 0 Å². The Bertz CT molecular complexity index is 1320. The Hall–Kier alpha value is -3.51. The van der Waals surface area contributed by atoms with Gasteiger partial charge in [-0.15, -0.1) is 0 Å². The second-order valence-corrected chi connectivity index (χ2v) is 11.7. The van der Waals surface area contributed by atoms with Crippen LogP contribution in [0.4, 0.5) is 23.2 Å². The molecule has 2 atom stereocenters. The van der Waals surface area contributed by atoms with Gasteiger partial charge < -0.3 is 15.5 Å². The van der Waals surface area contributed by atoms with E-state index >= 15 is 4.39 Å². The van der Waals surface area contributed by atoms with Gasteiger partial charge in [0.1, 0.15) is 24.1 Å². The fraction of sp³-hybridized carbons (Fsp3) is 0.607. The van der Waals surface area contributed by atoms with Crippen molar-refractivity contribution in [3.05, 3.63) is 40.5 Å². The van der Waals surface area contributed by atoms with Crippen LogP contribution in [0.3, 0.4) is 0 Å². The highest BCUT2D eigenvalue weighted by Crippen LogP contribution is 2.51. The third-order valence-electron chi connectivity index (χ3n) is 8.22. The summed E-state index contributed by atoms with van der Waals surface area (Å²) >= 11 is 0. The van der Waals surface area contributed by atoms with E-state index in [4.69, 9.17) is 4.63 Å². The Kier molecular flexibility index (Phi) is 7.82. The average molecular weight is 580 g/mol. The predicted molar refractivity (Wildman–Crippen MR) is 138 cm³/mol. The van der Waals surface area contributed by atoms with Crippen LogP contribution in [-0.2, 0) is 9.59 Å².